The van der Waals surface area contributed by atoms with E-state index in [4.69, 9.17) is 28.5 Å². The molecule has 1 heterocycles. The van der Waals surface area contributed by atoms with Crippen molar-refractivity contribution in [3.8, 4) is 6.07 Å². The molecule has 0 amide bonds. The zero-order valence-electron chi connectivity index (χ0n) is 8.95. The normalized spacial score (nSPS) is 11.9. The summed E-state index contributed by atoms with van der Waals surface area (Å²) >= 11 is 13.2. The Kier molecular flexibility index (Phi) is 4.03. The Morgan fingerprint density at radius 2 is 2.06 bits per heavy atom. The number of nitrogens with zero attached hydrogens (tertiary/aromatic N) is 1. The van der Waals surface area contributed by atoms with Gasteiger partial charge in [-0.1, -0.05) is 41.4 Å². The van der Waals surface area contributed by atoms with Gasteiger partial charge in [0.05, 0.1) is 15.6 Å². The SMILES string of the molecule is N#C/C(=C(\Cl)c1cccc(Cl)c1F)c1cccs1. The number of hydrogen-bond donors (Lipinski definition) is 0. The van der Waals surface area contributed by atoms with Crippen LogP contribution < -0.4 is 0 Å². The van der Waals surface area contributed by atoms with Crippen LogP contribution in [0.3, 0.4) is 0 Å². The minimum absolute atomic E-state index is 0.0193. The second-order valence-electron chi connectivity index (χ2n) is 3.38. The van der Waals surface area contributed by atoms with E-state index in [1.54, 1.807) is 18.2 Å². The molecule has 0 aliphatic carbocycles. The largest absolute Gasteiger partial charge is 0.205 e. The quantitative estimate of drug-likeness (QED) is 0.701. The first-order valence-electron chi connectivity index (χ1n) is 4.93. The topological polar surface area (TPSA) is 23.8 Å². The average molecular weight is 298 g/mol. The van der Waals surface area contributed by atoms with Crippen molar-refractivity contribution in [1.82, 2.24) is 0 Å². The molecule has 0 unspecified atom stereocenters. The molecule has 2 aromatic rings. The molecular weight excluding hydrogens is 292 g/mol. The highest BCUT2D eigenvalue weighted by atomic mass is 35.5. The maximum Gasteiger partial charge on any atom is 0.150 e. The fraction of sp³-hybridized carbons (Fsp3) is 0. The fourth-order valence-electron chi connectivity index (χ4n) is 1.44. The molecule has 90 valence electrons. The van der Waals surface area contributed by atoms with Crippen LogP contribution in [0.2, 0.25) is 5.02 Å². The van der Waals surface area contributed by atoms with E-state index in [-0.39, 0.29) is 21.2 Å². The minimum atomic E-state index is -0.617. The molecule has 5 heteroatoms. The fourth-order valence-corrected chi connectivity index (χ4v) is 2.69. The molecule has 0 aliphatic heterocycles. The van der Waals surface area contributed by atoms with Gasteiger partial charge in [0.25, 0.3) is 0 Å². The molecular formula is C13H6Cl2FNS. The molecule has 0 fully saturated rings. The van der Waals surface area contributed by atoms with Crippen LogP contribution in [0.5, 0.6) is 0 Å². The van der Waals surface area contributed by atoms with Crippen LogP contribution in [-0.4, -0.2) is 0 Å². The van der Waals surface area contributed by atoms with Crippen molar-refractivity contribution in [2.75, 3.05) is 0 Å². The van der Waals surface area contributed by atoms with Gasteiger partial charge in [-0.05, 0) is 17.5 Å². The predicted molar refractivity (Wildman–Crippen MR) is 74.0 cm³/mol. The van der Waals surface area contributed by atoms with Crippen LogP contribution in [-0.2, 0) is 0 Å². The Morgan fingerprint density at radius 3 is 2.67 bits per heavy atom. The molecule has 0 saturated carbocycles. The van der Waals surface area contributed by atoms with Gasteiger partial charge in [0, 0.05) is 10.4 Å². The van der Waals surface area contributed by atoms with E-state index in [9.17, 15) is 4.39 Å². The first kappa shape index (κ1) is 13.1. The second-order valence-corrected chi connectivity index (χ2v) is 5.11. The maximum atomic E-state index is 13.8. The Labute approximate surface area is 118 Å². The van der Waals surface area contributed by atoms with Gasteiger partial charge in [-0.25, -0.2) is 4.39 Å². The average Bonchev–Trinajstić information content (AvgIpc) is 2.87. The first-order valence-corrected chi connectivity index (χ1v) is 6.57. The Hall–Kier alpha value is -1.34. The van der Waals surface area contributed by atoms with Crippen LogP contribution in [0.4, 0.5) is 4.39 Å². The number of hydrogen-bond acceptors (Lipinski definition) is 2. The molecule has 0 atom stereocenters. The lowest BCUT2D eigenvalue weighted by Gasteiger charge is -2.05. The van der Waals surface area contributed by atoms with Crippen LogP contribution in [0.1, 0.15) is 10.4 Å². The van der Waals surface area contributed by atoms with Crippen molar-refractivity contribution in [3.05, 3.63) is 57.0 Å². The third kappa shape index (κ3) is 2.41. The van der Waals surface area contributed by atoms with E-state index in [0.29, 0.717) is 4.88 Å². The lowest BCUT2D eigenvalue weighted by molar-refractivity contribution is 0.625. The highest BCUT2D eigenvalue weighted by Gasteiger charge is 2.15. The number of nitriles is 1. The Bertz CT molecular complexity index is 642. The summed E-state index contributed by atoms with van der Waals surface area (Å²) in [6.45, 7) is 0. The molecule has 0 N–H and O–H groups in total. The molecule has 2 rings (SSSR count). The summed E-state index contributed by atoms with van der Waals surface area (Å²) in [5.41, 5.74) is 0.377. The maximum absolute atomic E-state index is 13.8. The number of allylic oxidation sites excluding steroid dienone is 1. The van der Waals surface area contributed by atoms with Crippen molar-refractivity contribution < 1.29 is 4.39 Å². The standard InChI is InChI=1S/C13H6Cl2FNS/c14-10-4-1-3-8(13(10)16)12(15)9(7-17)11-5-2-6-18-11/h1-6H/b12-9+. The van der Waals surface area contributed by atoms with E-state index in [2.05, 4.69) is 0 Å². The van der Waals surface area contributed by atoms with Gasteiger partial charge in [0.2, 0.25) is 0 Å². The number of halogens is 3. The van der Waals surface area contributed by atoms with Gasteiger partial charge in [-0.15, -0.1) is 11.3 Å². The highest BCUT2D eigenvalue weighted by Crippen LogP contribution is 2.34. The van der Waals surface area contributed by atoms with Crippen LogP contribution in [0.15, 0.2) is 35.7 Å². The minimum Gasteiger partial charge on any atom is -0.205 e. The molecule has 0 aliphatic rings. The highest BCUT2D eigenvalue weighted by molar-refractivity contribution is 7.11. The van der Waals surface area contributed by atoms with Crippen molar-refractivity contribution in [2.24, 2.45) is 0 Å². The lowest BCUT2D eigenvalue weighted by atomic mass is 10.1. The summed E-state index contributed by atoms with van der Waals surface area (Å²) in [4.78, 5) is 0.696. The Morgan fingerprint density at radius 1 is 1.28 bits per heavy atom. The van der Waals surface area contributed by atoms with Gasteiger partial charge in [-0.3, -0.25) is 0 Å². The molecule has 0 spiro atoms. The van der Waals surface area contributed by atoms with Gasteiger partial charge in [-0.2, -0.15) is 5.26 Å². The number of rotatable bonds is 2. The van der Waals surface area contributed by atoms with Gasteiger partial charge >= 0.3 is 0 Å². The summed E-state index contributed by atoms with van der Waals surface area (Å²) < 4.78 is 13.8. The molecule has 18 heavy (non-hydrogen) atoms. The van der Waals surface area contributed by atoms with Crippen LogP contribution in [0.25, 0.3) is 10.6 Å². The van der Waals surface area contributed by atoms with Crippen molar-refractivity contribution in [2.45, 2.75) is 0 Å². The van der Waals surface area contributed by atoms with Gasteiger partial charge < -0.3 is 0 Å². The van der Waals surface area contributed by atoms with Crippen molar-refractivity contribution >= 4 is 45.1 Å². The van der Waals surface area contributed by atoms with E-state index >= 15 is 0 Å². The van der Waals surface area contributed by atoms with Gasteiger partial charge in [0.1, 0.15) is 6.07 Å². The summed E-state index contributed by atoms with van der Waals surface area (Å²) in [5, 5.41) is 11.0. The van der Waals surface area contributed by atoms with E-state index in [1.165, 1.54) is 23.5 Å². The van der Waals surface area contributed by atoms with Crippen molar-refractivity contribution in [1.29, 1.82) is 5.26 Å². The number of thiophene rings is 1. The molecule has 0 saturated heterocycles. The summed E-state index contributed by atoms with van der Waals surface area (Å²) in [7, 11) is 0. The third-order valence-corrected chi connectivity index (χ3v) is 3.86. The zero-order chi connectivity index (χ0) is 13.1. The second kappa shape index (κ2) is 5.53. The van der Waals surface area contributed by atoms with Crippen molar-refractivity contribution in [3.63, 3.8) is 0 Å². The van der Waals surface area contributed by atoms with Crippen LogP contribution >= 0.6 is 34.5 Å². The summed E-state index contributed by atoms with van der Waals surface area (Å²) in [5.74, 6) is -0.617. The predicted octanol–water partition coefficient (Wildman–Crippen LogP) is 5.17. The number of benzene rings is 1. The smallest absolute Gasteiger partial charge is 0.150 e. The summed E-state index contributed by atoms with van der Waals surface area (Å²) in [6.07, 6.45) is 0. The molecule has 0 bridgehead atoms. The molecule has 1 nitrogen and oxygen atoms in total. The lowest BCUT2D eigenvalue weighted by Crippen LogP contribution is -1.89. The van der Waals surface area contributed by atoms with E-state index < -0.39 is 5.82 Å². The zero-order valence-corrected chi connectivity index (χ0v) is 11.3. The van der Waals surface area contributed by atoms with E-state index in [0.717, 1.165) is 0 Å². The van der Waals surface area contributed by atoms with E-state index in [1.807, 2.05) is 11.4 Å². The van der Waals surface area contributed by atoms with Gasteiger partial charge in [0.15, 0.2) is 5.82 Å². The van der Waals surface area contributed by atoms with Crippen LogP contribution in [0, 0.1) is 17.1 Å². The third-order valence-electron chi connectivity index (χ3n) is 2.29. The summed E-state index contributed by atoms with van der Waals surface area (Å²) in [6, 6.07) is 10.1. The Balaban J connectivity index is 2.62. The molecule has 0 radical (unpaired) electrons. The molecule has 1 aromatic carbocycles. The first-order chi connectivity index (χ1) is 8.65. The monoisotopic (exact) mass is 297 g/mol. The molecule has 1 aromatic heterocycles.